The maximum atomic E-state index is 12.3. The first-order chi connectivity index (χ1) is 10.0. The molecule has 5 nitrogen and oxygen atoms in total. The van der Waals surface area contributed by atoms with E-state index in [4.69, 9.17) is 4.74 Å². The van der Waals surface area contributed by atoms with E-state index < -0.39 is 6.04 Å². The van der Waals surface area contributed by atoms with Crippen molar-refractivity contribution < 1.29 is 9.53 Å². The van der Waals surface area contributed by atoms with Crippen molar-refractivity contribution in [1.82, 2.24) is 4.57 Å². The first kappa shape index (κ1) is 14.8. The van der Waals surface area contributed by atoms with Gasteiger partial charge in [-0.15, -0.1) is 0 Å². The number of benzene rings is 1. The molecule has 0 saturated carbocycles. The lowest BCUT2D eigenvalue weighted by Crippen LogP contribution is -2.31. The third kappa shape index (κ3) is 3.31. The first-order valence-corrected chi connectivity index (χ1v) is 6.65. The Morgan fingerprint density at radius 2 is 2.00 bits per heavy atom. The summed E-state index contributed by atoms with van der Waals surface area (Å²) in [5, 5.41) is 2.78. The molecule has 0 aliphatic carbocycles. The largest absolute Gasteiger partial charge is 0.495 e. The standard InChI is InChI=1S/C16H18N2O3/c1-11-8-9-18(15(19)10-11)12(2)16(20)17-13-6-4-5-7-14(13)21-3/h4-10,12H,1-3H3,(H,17,20). The number of carbonyl (C=O) groups excluding carboxylic acids is 1. The molecule has 0 fully saturated rings. The van der Waals surface area contributed by atoms with Crippen LogP contribution >= 0.6 is 0 Å². The van der Waals surface area contributed by atoms with Gasteiger partial charge in [-0.05, 0) is 37.6 Å². The number of carbonyl (C=O) groups is 1. The number of rotatable bonds is 4. The van der Waals surface area contributed by atoms with Gasteiger partial charge in [-0.3, -0.25) is 9.59 Å². The molecule has 1 amide bonds. The Morgan fingerprint density at radius 3 is 2.67 bits per heavy atom. The summed E-state index contributed by atoms with van der Waals surface area (Å²) >= 11 is 0. The molecule has 0 aliphatic rings. The monoisotopic (exact) mass is 286 g/mol. The molecule has 0 radical (unpaired) electrons. The highest BCUT2D eigenvalue weighted by atomic mass is 16.5. The molecule has 110 valence electrons. The average molecular weight is 286 g/mol. The Morgan fingerprint density at radius 1 is 1.29 bits per heavy atom. The number of hydrogen-bond acceptors (Lipinski definition) is 3. The Labute approximate surface area is 123 Å². The predicted octanol–water partition coefficient (Wildman–Crippen LogP) is 2.37. The zero-order chi connectivity index (χ0) is 15.4. The smallest absolute Gasteiger partial charge is 0.251 e. The van der Waals surface area contributed by atoms with Gasteiger partial charge in [0, 0.05) is 12.3 Å². The van der Waals surface area contributed by atoms with Gasteiger partial charge >= 0.3 is 0 Å². The summed E-state index contributed by atoms with van der Waals surface area (Å²) in [7, 11) is 1.54. The highest BCUT2D eigenvalue weighted by molar-refractivity contribution is 5.94. The third-order valence-corrected chi connectivity index (χ3v) is 3.27. The molecule has 1 aromatic heterocycles. The van der Waals surface area contributed by atoms with Crippen molar-refractivity contribution in [3.05, 3.63) is 58.5 Å². The average Bonchev–Trinajstić information content (AvgIpc) is 2.47. The van der Waals surface area contributed by atoms with Crippen LogP contribution in [0.2, 0.25) is 0 Å². The van der Waals surface area contributed by atoms with Crippen LogP contribution in [0.3, 0.4) is 0 Å². The van der Waals surface area contributed by atoms with Crippen LogP contribution in [0.4, 0.5) is 5.69 Å². The van der Waals surface area contributed by atoms with Gasteiger partial charge < -0.3 is 14.6 Å². The van der Waals surface area contributed by atoms with Crippen molar-refractivity contribution in [1.29, 1.82) is 0 Å². The molecule has 0 spiro atoms. The number of para-hydroxylation sites is 2. The molecule has 1 atom stereocenters. The Kier molecular flexibility index (Phi) is 4.42. The Hall–Kier alpha value is -2.56. The van der Waals surface area contributed by atoms with Crippen LogP contribution in [-0.2, 0) is 4.79 Å². The van der Waals surface area contributed by atoms with Crippen LogP contribution < -0.4 is 15.6 Å². The van der Waals surface area contributed by atoms with Crippen LogP contribution in [0.5, 0.6) is 5.75 Å². The van der Waals surface area contributed by atoms with E-state index in [1.54, 1.807) is 44.5 Å². The van der Waals surface area contributed by atoms with E-state index in [9.17, 15) is 9.59 Å². The normalized spacial score (nSPS) is 11.8. The molecular formula is C16H18N2O3. The fraction of sp³-hybridized carbons (Fsp3) is 0.250. The molecule has 21 heavy (non-hydrogen) atoms. The lowest BCUT2D eigenvalue weighted by Gasteiger charge is -2.16. The predicted molar refractivity (Wildman–Crippen MR) is 81.8 cm³/mol. The number of aromatic nitrogens is 1. The first-order valence-electron chi connectivity index (χ1n) is 6.65. The van der Waals surface area contributed by atoms with E-state index in [1.165, 1.54) is 10.6 Å². The fourth-order valence-electron chi connectivity index (χ4n) is 2.02. The van der Waals surface area contributed by atoms with Gasteiger partial charge in [-0.25, -0.2) is 0 Å². The van der Waals surface area contributed by atoms with Crippen molar-refractivity contribution >= 4 is 11.6 Å². The van der Waals surface area contributed by atoms with E-state index in [-0.39, 0.29) is 11.5 Å². The second-order valence-electron chi connectivity index (χ2n) is 4.82. The molecule has 0 aliphatic heterocycles. The molecular weight excluding hydrogens is 268 g/mol. The molecule has 2 rings (SSSR count). The van der Waals surface area contributed by atoms with Gasteiger partial charge in [-0.1, -0.05) is 12.1 Å². The quantitative estimate of drug-likeness (QED) is 0.938. The molecule has 0 saturated heterocycles. The number of nitrogens with one attached hydrogen (secondary N) is 1. The minimum atomic E-state index is -0.608. The summed E-state index contributed by atoms with van der Waals surface area (Å²) in [6.45, 7) is 3.52. The van der Waals surface area contributed by atoms with E-state index in [2.05, 4.69) is 5.32 Å². The maximum absolute atomic E-state index is 12.3. The lowest BCUT2D eigenvalue weighted by atomic mass is 10.2. The van der Waals surface area contributed by atoms with Gasteiger partial charge in [0.1, 0.15) is 11.8 Å². The van der Waals surface area contributed by atoms with Crippen LogP contribution in [0.15, 0.2) is 47.4 Å². The Balaban J connectivity index is 2.22. The van der Waals surface area contributed by atoms with E-state index in [0.29, 0.717) is 11.4 Å². The van der Waals surface area contributed by atoms with Crippen molar-refractivity contribution in [2.45, 2.75) is 19.9 Å². The summed E-state index contributed by atoms with van der Waals surface area (Å²) in [6, 6.07) is 9.84. The van der Waals surface area contributed by atoms with Crippen LogP contribution in [0.1, 0.15) is 18.5 Å². The van der Waals surface area contributed by atoms with E-state index in [1.807, 2.05) is 13.0 Å². The number of nitrogens with zero attached hydrogens (tertiary/aromatic N) is 1. The molecule has 1 heterocycles. The number of pyridine rings is 1. The van der Waals surface area contributed by atoms with Crippen LogP contribution in [-0.4, -0.2) is 17.6 Å². The van der Waals surface area contributed by atoms with Crippen molar-refractivity contribution in [3.63, 3.8) is 0 Å². The zero-order valence-corrected chi connectivity index (χ0v) is 12.3. The summed E-state index contributed by atoms with van der Waals surface area (Å²) in [5.74, 6) is 0.305. The van der Waals surface area contributed by atoms with E-state index >= 15 is 0 Å². The zero-order valence-electron chi connectivity index (χ0n) is 12.3. The van der Waals surface area contributed by atoms with Crippen LogP contribution in [0.25, 0.3) is 0 Å². The van der Waals surface area contributed by atoms with Crippen LogP contribution in [0, 0.1) is 6.92 Å². The van der Waals surface area contributed by atoms with Gasteiger partial charge in [-0.2, -0.15) is 0 Å². The molecule has 0 bridgehead atoms. The van der Waals surface area contributed by atoms with Gasteiger partial charge in [0.25, 0.3) is 5.56 Å². The summed E-state index contributed by atoms with van der Waals surface area (Å²) in [5.41, 5.74) is 1.25. The summed E-state index contributed by atoms with van der Waals surface area (Å²) in [6.07, 6.45) is 1.63. The fourth-order valence-corrected chi connectivity index (χ4v) is 2.02. The number of anilines is 1. The number of methoxy groups -OCH3 is 1. The minimum absolute atomic E-state index is 0.197. The lowest BCUT2D eigenvalue weighted by molar-refractivity contribution is -0.118. The van der Waals surface area contributed by atoms with Crippen molar-refractivity contribution in [2.24, 2.45) is 0 Å². The third-order valence-electron chi connectivity index (χ3n) is 3.27. The van der Waals surface area contributed by atoms with Gasteiger partial charge in [0.2, 0.25) is 5.91 Å². The highest BCUT2D eigenvalue weighted by Gasteiger charge is 2.17. The Bertz CT molecular complexity index is 707. The minimum Gasteiger partial charge on any atom is -0.495 e. The summed E-state index contributed by atoms with van der Waals surface area (Å²) in [4.78, 5) is 24.2. The van der Waals surface area contributed by atoms with Gasteiger partial charge in [0.05, 0.1) is 12.8 Å². The van der Waals surface area contributed by atoms with Crippen molar-refractivity contribution in [3.8, 4) is 5.75 Å². The van der Waals surface area contributed by atoms with Crippen molar-refractivity contribution in [2.75, 3.05) is 12.4 Å². The molecule has 1 unspecified atom stereocenters. The summed E-state index contributed by atoms with van der Waals surface area (Å²) < 4.78 is 6.59. The maximum Gasteiger partial charge on any atom is 0.251 e. The highest BCUT2D eigenvalue weighted by Crippen LogP contribution is 2.23. The number of ether oxygens (including phenoxy) is 1. The topological polar surface area (TPSA) is 60.3 Å². The molecule has 2 aromatic rings. The number of aryl methyl sites for hydroxylation is 1. The van der Waals surface area contributed by atoms with E-state index in [0.717, 1.165) is 5.56 Å². The molecule has 1 aromatic carbocycles. The second kappa shape index (κ2) is 6.26. The molecule has 5 heteroatoms. The SMILES string of the molecule is COc1ccccc1NC(=O)C(C)n1ccc(C)cc1=O. The number of hydrogen-bond donors (Lipinski definition) is 1. The molecule has 1 N–H and O–H groups in total. The number of amides is 1. The van der Waals surface area contributed by atoms with Gasteiger partial charge in [0.15, 0.2) is 0 Å². The second-order valence-corrected chi connectivity index (χ2v) is 4.82.